The van der Waals surface area contributed by atoms with E-state index in [1.165, 1.54) is 15.9 Å². The number of nitrogens with zero attached hydrogens (tertiary/aromatic N) is 1. The van der Waals surface area contributed by atoms with Gasteiger partial charge in [0, 0.05) is 18.5 Å². The predicted octanol–water partition coefficient (Wildman–Crippen LogP) is 1.38. The van der Waals surface area contributed by atoms with E-state index in [9.17, 15) is 4.79 Å². The second-order valence-corrected chi connectivity index (χ2v) is 12.3. The van der Waals surface area contributed by atoms with Gasteiger partial charge in [-0.2, -0.15) is 0 Å². The molecule has 3 aromatic rings. The fourth-order valence-corrected chi connectivity index (χ4v) is 9.54. The van der Waals surface area contributed by atoms with Crippen molar-refractivity contribution in [2.24, 2.45) is 0 Å². The predicted molar refractivity (Wildman–Crippen MR) is 125 cm³/mol. The summed E-state index contributed by atoms with van der Waals surface area (Å²) in [5.41, 5.74) is -0.195. The quantitative estimate of drug-likeness (QED) is 0.515. The summed E-state index contributed by atoms with van der Waals surface area (Å²) in [7, 11) is -2.16. The van der Waals surface area contributed by atoms with Crippen LogP contribution in [0.25, 0.3) is 0 Å². The number of carbonyl (C=O) groups is 1. The molecule has 30 heavy (non-hydrogen) atoms. The van der Waals surface area contributed by atoms with Crippen LogP contribution in [0.1, 0.15) is 27.2 Å². The standard InChI is InChI=1S/C26H29NOP.BrH/c1-26(2,3)27-20-19-24(25(27)28)29(21-13-7-4-8-14-21,22-15-9-5-10-16-22)23-17-11-6-12-18-23;/h4-18,24H,19-20H2,1-3H3;1H/q+1;/p-1. The summed E-state index contributed by atoms with van der Waals surface area (Å²) < 4.78 is 0. The van der Waals surface area contributed by atoms with Crippen molar-refractivity contribution in [3.8, 4) is 0 Å². The SMILES string of the molecule is CC(C)(C)N1CCC([P+](c2ccccc2)(c2ccccc2)c2ccccc2)C1=O.[Br-]. The number of amides is 1. The van der Waals surface area contributed by atoms with E-state index in [4.69, 9.17) is 0 Å². The Hall–Kier alpha value is -1.96. The second kappa shape index (κ2) is 9.04. The highest BCUT2D eigenvalue weighted by Gasteiger charge is 2.59. The van der Waals surface area contributed by atoms with E-state index in [1.54, 1.807) is 0 Å². The van der Waals surface area contributed by atoms with Crippen molar-refractivity contribution < 1.29 is 21.8 Å². The van der Waals surface area contributed by atoms with Gasteiger partial charge in [0.1, 0.15) is 23.2 Å². The zero-order valence-corrected chi connectivity index (χ0v) is 20.3. The van der Waals surface area contributed by atoms with Gasteiger partial charge in [0.05, 0.1) is 0 Å². The third kappa shape index (κ3) is 3.86. The molecule has 0 saturated carbocycles. The van der Waals surface area contributed by atoms with Gasteiger partial charge in [-0.15, -0.1) is 0 Å². The zero-order valence-electron chi connectivity index (χ0n) is 17.8. The van der Waals surface area contributed by atoms with E-state index < -0.39 is 7.26 Å². The van der Waals surface area contributed by atoms with E-state index in [0.717, 1.165) is 13.0 Å². The summed E-state index contributed by atoms with van der Waals surface area (Å²) >= 11 is 0. The molecule has 1 heterocycles. The molecule has 0 radical (unpaired) electrons. The first-order valence-electron chi connectivity index (χ1n) is 10.3. The van der Waals surface area contributed by atoms with Gasteiger partial charge in [-0.05, 0) is 57.2 Å². The van der Waals surface area contributed by atoms with Gasteiger partial charge >= 0.3 is 0 Å². The normalized spacial score (nSPS) is 17.0. The molecule has 0 aliphatic carbocycles. The minimum atomic E-state index is -2.16. The Bertz CT molecular complexity index is 874. The Morgan fingerprint density at radius 1 is 0.733 bits per heavy atom. The summed E-state index contributed by atoms with van der Waals surface area (Å²) in [4.78, 5) is 16.0. The topological polar surface area (TPSA) is 20.3 Å². The van der Waals surface area contributed by atoms with Crippen LogP contribution in [-0.2, 0) is 4.79 Å². The Kier molecular flexibility index (Phi) is 6.84. The van der Waals surface area contributed by atoms with Gasteiger partial charge < -0.3 is 21.9 Å². The average molecular weight is 482 g/mol. The number of halogens is 1. The molecule has 1 amide bonds. The van der Waals surface area contributed by atoms with Crippen LogP contribution in [0.15, 0.2) is 91.0 Å². The summed E-state index contributed by atoms with van der Waals surface area (Å²) in [6.45, 7) is 7.24. The third-order valence-corrected chi connectivity index (χ3v) is 10.7. The molecule has 1 saturated heterocycles. The molecule has 0 spiro atoms. The fraction of sp³-hybridized carbons (Fsp3) is 0.269. The van der Waals surface area contributed by atoms with Gasteiger partial charge in [-0.1, -0.05) is 54.6 Å². The molecule has 4 rings (SSSR count). The molecule has 1 fully saturated rings. The molecular formula is C26H29BrNOP. The highest BCUT2D eigenvalue weighted by molar-refractivity contribution is 7.96. The van der Waals surface area contributed by atoms with Crippen LogP contribution in [0.4, 0.5) is 0 Å². The van der Waals surface area contributed by atoms with Crippen LogP contribution in [0.3, 0.4) is 0 Å². The smallest absolute Gasteiger partial charge is 0.265 e. The Balaban J connectivity index is 0.00000256. The summed E-state index contributed by atoms with van der Waals surface area (Å²) in [6.07, 6.45) is 0.891. The van der Waals surface area contributed by atoms with E-state index in [2.05, 4.69) is 117 Å². The second-order valence-electron chi connectivity index (χ2n) is 8.69. The molecule has 1 unspecified atom stereocenters. The molecular weight excluding hydrogens is 453 g/mol. The first kappa shape index (κ1) is 22.7. The number of hydrogen-bond donors (Lipinski definition) is 0. The fourth-order valence-electron chi connectivity index (χ4n) is 4.67. The van der Waals surface area contributed by atoms with Crippen molar-refractivity contribution in [2.45, 2.75) is 38.4 Å². The minimum Gasteiger partial charge on any atom is -1.00 e. The molecule has 1 aliphatic heterocycles. The minimum absolute atomic E-state index is 0. The lowest BCUT2D eigenvalue weighted by molar-refractivity contribution is -0.131. The van der Waals surface area contributed by atoms with Crippen LogP contribution < -0.4 is 32.9 Å². The van der Waals surface area contributed by atoms with Crippen LogP contribution in [0, 0.1) is 0 Å². The summed E-state index contributed by atoms with van der Waals surface area (Å²) in [5.74, 6) is 0.294. The number of hydrogen-bond acceptors (Lipinski definition) is 1. The number of likely N-dealkylation sites (tertiary alicyclic amines) is 1. The van der Waals surface area contributed by atoms with Crippen molar-refractivity contribution in [1.82, 2.24) is 4.90 Å². The lowest BCUT2D eigenvalue weighted by Gasteiger charge is -2.35. The van der Waals surface area contributed by atoms with Crippen LogP contribution in [0.5, 0.6) is 0 Å². The van der Waals surface area contributed by atoms with E-state index >= 15 is 0 Å². The first-order chi connectivity index (χ1) is 14.0. The molecule has 156 valence electrons. The molecule has 0 aromatic heterocycles. The molecule has 2 nitrogen and oxygen atoms in total. The summed E-state index contributed by atoms with van der Waals surface area (Å²) in [6, 6.07) is 32.2. The summed E-state index contributed by atoms with van der Waals surface area (Å²) in [5, 5.41) is 3.85. The van der Waals surface area contributed by atoms with Gasteiger partial charge in [0.2, 0.25) is 0 Å². The van der Waals surface area contributed by atoms with Gasteiger partial charge in [0.25, 0.3) is 5.91 Å². The van der Waals surface area contributed by atoms with E-state index in [0.29, 0.717) is 5.91 Å². The van der Waals surface area contributed by atoms with Crippen molar-refractivity contribution in [3.63, 3.8) is 0 Å². The lowest BCUT2D eigenvalue weighted by atomic mass is 10.1. The monoisotopic (exact) mass is 481 g/mol. The van der Waals surface area contributed by atoms with Crippen molar-refractivity contribution in [2.75, 3.05) is 6.54 Å². The number of carbonyl (C=O) groups excluding carboxylic acids is 1. The maximum atomic E-state index is 13.9. The Labute approximate surface area is 191 Å². The van der Waals surface area contributed by atoms with Gasteiger partial charge in [0.15, 0.2) is 5.66 Å². The lowest BCUT2D eigenvalue weighted by Crippen LogP contribution is -3.00. The molecule has 0 bridgehead atoms. The Morgan fingerprint density at radius 3 is 1.40 bits per heavy atom. The first-order valence-corrected chi connectivity index (χ1v) is 12.2. The van der Waals surface area contributed by atoms with Crippen molar-refractivity contribution >= 4 is 29.1 Å². The highest BCUT2D eigenvalue weighted by Crippen LogP contribution is 2.62. The molecule has 3 aromatic carbocycles. The number of rotatable bonds is 4. The third-order valence-electron chi connectivity index (χ3n) is 5.94. The van der Waals surface area contributed by atoms with Crippen molar-refractivity contribution in [3.05, 3.63) is 91.0 Å². The van der Waals surface area contributed by atoms with Gasteiger partial charge in [-0.25, -0.2) is 0 Å². The Morgan fingerprint density at radius 2 is 1.10 bits per heavy atom. The maximum absolute atomic E-state index is 13.9. The average Bonchev–Trinajstić information content (AvgIpc) is 3.13. The highest BCUT2D eigenvalue weighted by atomic mass is 79.9. The van der Waals surface area contributed by atoms with E-state index in [-0.39, 0.29) is 28.2 Å². The van der Waals surface area contributed by atoms with E-state index in [1.807, 2.05) is 0 Å². The van der Waals surface area contributed by atoms with Crippen molar-refractivity contribution in [1.29, 1.82) is 0 Å². The largest absolute Gasteiger partial charge is 1.00 e. The van der Waals surface area contributed by atoms with Crippen LogP contribution in [0.2, 0.25) is 0 Å². The molecule has 1 atom stereocenters. The van der Waals surface area contributed by atoms with Crippen LogP contribution in [-0.4, -0.2) is 28.5 Å². The number of benzene rings is 3. The molecule has 1 aliphatic rings. The molecule has 4 heteroatoms. The van der Waals surface area contributed by atoms with Gasteiger partial charge in [-0.3, -0.25) is 4.79 Å². The van der Waals surface area contributed by atoms with Crippen LogP contribution >= 0.6 is 7.26 Å². The zero-order chi connectivity index (χ0) is 20.5. The maximum Gasteiger partial charge on any atom is 0.265 e. The molecule has 0 N–H and O–H groups in total.